The number of rotatable bonds is 4. The van der Waals surface area contributed by atoms with Crippen LogP contribution in [0.5, 0.6) is 0 Å². The summed E-state index contributed by atoms with van der Waals surface area (Å²) >= 11 is 0. The Morgan fingerprint density at radius 3 is 2.67 bits per heavy atom. The number of aromatic nitrogens is 1. The number of ether oxygens (including phenoxy) is 1. The number of likely N-dealkylation sites (tertiary alicyclic amines) is 1. The van der Waals surface area contributed by atoms with Gasteiger partial charge in [0.05, 0.1) is 18.8 Å². The van der Waals surface area contributed by atoms with Gasteiger partial charge in [0.15, 0.2) is 5.78 Å². The lowest BCUT2D eigenvalue weighted by Gasteiger charge is -2.31. The smallest absolute Gasteiger partial charge is 0.255 e. The van der Waals surface area contributed by atoms with E-state index in [1.165, 1.54) is 6.42 Å². The number of amides is 1. The third kappa shape index (κ3) is 3.84. The first kappa shape index (κ1) is 20.8. The summed E-state index contributed by atoms with van der Waals surface area (Å²) in [4.78, 5) is 34.8. The first-order valence-electron chi connectivity index (χ1n) is 12.5. The van der Waals surface area contributed by atoms with Crippen LogP contribution in [-0.4, -0.2) is 54.4 Å². The van der Waals surface area contributed by atoms with Gasteiger partial charge in [-0.2, -0.15) is 0 Å². The van der Waals surface area contributed by atoms with Gasteiger partial charge in [-0.25, -0.2) is 4.98 Å². The van der Waals surface area contributed by atoms with Crippen LogP contribution in [0, 0.1) is 11.8 Å². The third-order valence-electron chi connectivity index (χ3n) is 7.74. The lowest BCUT2D eigenvalue weighted by atomic mass is 9.90. The van der Waals surface area contributed by atoms with Crippen LogP contribution in [0.2, 0.25) is 0 Å². The average molecular weight is 446 g/mol. The van der Waals surface area contributed by atoms with Crippen molar-refractivity contribution < 1.29 is 14.3 Å². The lowest BCUT2D eigenvalue weighted by Crippen LogP contribution is -2.36. The molecule has 1 aromatic carbocycles. The number of Topliss-reactive ketones (excluding diaryl/α,β-unsaturated/α-hetero) is 1. The SMILES string of the molecule is O=C1c2ccc(N3CCCc4cc(C(=O)N5CCCCC5)cnc43)cc2CC1CC1COC1. The molecular weight excluding hydrogens is 414 g/mol. The van der Waals surface area contributed by atoms with Gasteiger partial charge in [0.2, 0.25) is 0 Å². The van der Waals surface area contributed by atoms with Crippen molar-refractivity contribution in [1.29, 1.82) is 0 Å². The number of benzene rings is 1. The summed E-state index contributed by atoms with van der Waals surface area (Å²) in [6.07, 6.45) is 8.87. The quantitative estimate of drug-likeness (QED) is 0.706. The molecule has 1 aromatic heterocycles. The molecule has 1 aliphatic carbocycles. The van der Waals surface area contributed by atoms with E-state index in [0.29, 0.717) is 17.3 Å². The molecule has 4 heterocycles. The number of hydrogen-bond donors (Lipinski definition) is 0. The van der Waals surface area contributed by atoms with E-state index < -0.39 is 0 Å². The number of ketones is 1. The zero-order valence-electron chi connectivity index (χ0n) is 19.1. The first-order chi connectivity index (χ1) is 16.2. The third-order valence-corrected chi connectivity index (χ3v) is 7.74. The highest BCUT2D eigenvalue weighted by Crippen LogP contribution is 2.38. The van der Waals surface area contributed by atoms with Crippen molar-refractivity contribution in [3.63, 3.8) is 0 Å². The fraction of sp³-hybridized carbons (Fsp3) is 0.519. The molecule has 0 saturated carbocycles. The molecular formula is C27H31N3O3. The Morgan fingerprint density at radius 2 is 1.88 bits per heavy atom. The largest absolute Gasteiger partial charge is 0.381 e. The van der Waals surface area contributed by atoms with Crippen molar-refractivity contribution in [3.8, 4) is 0 Å². The van der Waals surface area contributed by atoms with Crippen LogP contribution in [0.4, 0.5) is 11.5 Å². The Labute approximate surface area is 194 Å². The maximum atomic E-state index is 13.0. The molecule has 2 fully saturated rings. The zero-order chi connectivity index (χ0) is 22.4. The summed E-state index contributed by atoms with van der Waals surface area (Å²) in [6.45, 7) is 4.19. The minimum Gasteiger partial charge on any atom is -0.381 e. The first-order valence-corrected chi connectivity index (χ1v) is 12.5. The standard InChI is InChI=1S/C27H31N3O3/c31-25-21(11-18-16-33-17-18)13-20-14-23(6-7-24(20)25)30-10-4-5-19-12-22(15-28-26(19)30)27(32)29-8-2-1-3-9-29/h6-7,12,14-15,18,21H,1-5,8-11,13,16-17H2. The van der Waals surface area contributed by atoms with Gasteiger partial charge in [-0.3, -0.25) is 9.59 Å². The molecule has 2 aromatic rings. The fourth-order valence-electron chi connectivity index (χ4n) is 5.86. The molecule has 6 rings (SSSR count). The molecule has 4 aliphatic rings. The van der Waals surface area contributed by atoms with Gasteiger partial charge < -0.3 is 14.5 Å². The molecule has 0 radical (unpaired) electrons. The highest BCUT2D eigenvalue weighted by molar-refractivity contribution is 6.02. The summed E-state index contributed by atoms with van der Waals surface area (Å²) in [5.74, 6) is 1.98. The van der Waals surface area contributed by atoms with E-state index >= 15 is 0 Å². The second-order valence-corrected chi connectivity index (χ2v) is 10.1. The van der Waals surface area contributed by atoms with E-state index in [2.05, 4.69) is 23.1 Å². The number of piperidine rings is 1. The number of carbonyl (C=O) groups is 2. The van der Waals surface area contributed by atoms with Crippen molar-refractivity contribution in [2.24, 2.45) is 11.8 Å². The fourth-order valence-corrected chi connectivity index (χ4v) is 5.86. The van der Waals surface area contributed by atoms with Gasteiger partial charge in [-0.1, -0.05) is 0 Å². The molecule has 33 heavy (non-hydrogen) atoms. The van der Waals surface area contributed by atoms with E-state index in [-0.39, 0.29) is 11.8 Å². The molecule has 0 N–H and O–H groups in total. The van der Waals surface area contributed by atoms with Gasteiger partial charge in [0, 0.05) is 48.9 Å². The maximum Gasteiger partial charge on any atom is 0.255 e. The van der Waals surface area contributed by atoms with Crippen molar-refractivity contribution in [2.75, 3.05) is 37.7 Å². The summed E-state index contributed by atoms with van der Waals surface area (Å²) in [7, 11) is 0. The number of anilines is 2. The molecule has 6 nitrogen and oxygen atoms in total. The number of carbonyl (C=O) groups excluding carboxylic acids is 2. The predicted molar refractivity (Wildman–Crippen MR) is 126 cm³/mol. The Bertz CT molecular complexity index is 1090. The lowest BCUT2D eigenvalue weighted by molar-refractivity contribution is -0.0405. The van der Waals surface area contributed by atoms with Gasteiger partial charge >= 0.3 is 0 Å². The number of aryl methyl sites for hydroxylation is 1. The van der Waals surface area contributed by atoms with Crippen LogP contribution >= 0.6 is 0 Å². The molecule has 3 aliphatic heterocycles. The molecule has 2 saturated heterocycles. The molecule has 172 valence electrons. The molecule has 1 amide bonds. The Morgan fingerprint density at radius 1 is 1.03 bits per heavy atom. The summed E-state index contributed by atoms with van der Waals surface area (Å²) in [5.41, 5.74) is 4.99. The number of nitrogens with zero attached hydrogens (tertiary/aromatic N) is 3. The van der Waals surface area contributed by atoms with Crippen LogP contribution in [-0.2, 0) is 17.6 Å². The Hall–Kier alpha value is -2.73. The van der Waals surface area contributed by atoms with Gasteiger partial charge in [-0.15, -0.1) is 0 Å². The average Bonchev–Trinajstić information content (AvgIpc) is 3.15. The second kappa shape index (κ2) is 8.56. The molecule has 6 heteroatoms. The summed E-state index contributed by atoms with van der Waals surface area (Å²) < 4.78 is 5.30. The van der Waals surface area contributed by atoms with Crippen molar-refractivity contribution >= 4 is 23.2 Å². The van der Waals surface area contributed by atoms with Gasteiger partial charge in [-0.05, 0) is 80.3 Å². The van der Waals surface area contributed by atoms with E-state index in [1.807, 2.05) is 11.0 Å². The normalized spacial score (nSPS) is 22.7. The second-order valence-electron chi connectivity index (χ2n) is 10.1. The van der Waals surface area contributed by atoms with Crippen LogP contribution in [0.25, 0.3) is 0 Å². The minimum atomic E-state index is 0.0966. The van der Waals surface area contributed by atoms with Crippen molar-refractivity contribution in [1.82, 2.24) is 9.88 Å². The summed E-state index contributed by atoms with van der Waals surface area (Å²) in [5, 5.41) is 0. The minimum absolute atomic E-state index is 0.0966. The van der Waals surface area contributed by atoms with Gasteiger partial charge in [0.25, 0.3) is 5.91 Å². The van der Waals surface area contributed by atoms with Crippen molar-refractivity contribution in [3.05, 3.63) is 52.7 Å². The van der Waals surface area contributed by atoms with E-state index in [0.717, 1.165) is 99.6 Å². The van der Waals surface area contributed by atoms with E-state index in [9.17, 15) is 9.59 Å². The summed E-state index contributed by atoms with van der Waals surface area (Å²) in [6, 6.07) is 8.31. The monoisotopic (exact) mass is 445 g/mol. The predicted octanol–water partition coefficient (Wildman–Crippen LogP) is 4.18. The van der Waals surface area contributed by atoms with Crippen LogP contribution in [0.15, 0.2) is 30.5 Å². The van der Waals surface area contributed by atoms with Gasteiger partial charge in [0.1, 0.15) is 5.82 Å². The van der Waals surface area contributed by atoms with E-state index in [4.69, 9.17) is 9.72 Å². The van der Waals surface area contributed by atoms with Crippen LogP contribution < -0.4 is 4.90 Å². The molecule has 0 spiro atoms. The highest BCUT2D eigenvalue weighted by Gasteiger charge is 2.35. The van der Waals surface area contributed by atoms with Crippen LogP contribution in [0.3, 0.4) is 0 Å². The molecule has 1 unspecified atom stereocenters. The highest BCUT2D eigenvalue weighted by atomic mass is 16.5. The van der Waals surface area contributed by atoms with E-state index in [1.54, 1.807) is 6.20 Å². The zero-order valence-corrected chi connectivity index (χ0v) is 19.1. The topological polar surface area (TPSA) is 62.7 Å². The van der Waals surface area contributed by atoms with Crippen molar-refractivity contribution in [2.45, 2.75) is 44.9 Å². The molecule has 0 bridgehead atoms. The number of fused-ring (bicyclic) bond motifs is 2. The molecule has 1 atom stereocenters. The van der Waals surface area contributed by atoms with Crippen LogP contribution in [0.1, 0.15) is 63.9 Å². The number of pyridine rings is 1. The Balaban J connectivity index is 1.23. The maximum absolute atomic E-state index is 13.0. The Kier molecular flexibility index (Phi) is 5.41. The number of hydrogen-bond acceptors (Lipinski definition) is 5.